The number of amides is 1. The number of nitrogens with zero attached hydrogens (tertiary/aromatic N) is 3. The molecule has 1 aromatic carbocycles. The summed E-state index contributed by atoms with van der Waals surface area (Å²) < 4.78 is 14.8. The van der Waals surface area contributed by atoms with E-state index < -0.39 is 5.82 Å². The number of rotatable bonds is 4. The Morgan fingerprint density at radius 3 is 2.64 bits per heavy atom. The molecule has 2 rings (SSSR count). The summed E-state index contributed by atoms with van der Waals surface area (Å²) >= 11 is 1.15. The van der Waals surface area contributed by atoms with Gasteiger partial charge in [0.05, 0.1) is 11.4 Å². The second kappa shape index (κ2) is 6.35. The fourth-order valence-electron chi connectivity index (χ4n) is 1.77. The highest BCUT2D eigenvalue weighted by atomic mass is 32.2. The van der Waals surface area contributed by atoms with Crippen LogP contribution in [0.15, 0.2) is 29.4 Å². The van der Waals surface area contributed by atoms with Crippen LogP contribution >= 0.6 is 11.8 Å². The van der Waals surface area contributed by atoms with Crippen LogP contribution in [0.5, 0.6) is 0 Å². The molecule has 1 heterocycles. The van der Waals surface area contributed by atoms with Crippen LogP contribution in [0.4, 0.5) is 10.1 Å². The van der Waals surface area contributed by atoms with Crippen LogP contribution in [0.2, 0.25) is 0 Å². The van der Waals surface area contributed by atoms with Crippen molar-refractivity contribution >= 4 is 23.4 Å². The number of anilines is 1. The Hall–Kier alpha value is -2.09. The zero-order valence-corrected chi connectivity index (χ0v) is 13.4. The lowest BCUT2D eigenvalue weighted by molar-refractivity contribution is -0.113. The third-order valence-electron chi connectivity index (χ3n) is 2.82. The molecule has 0 unspecified atom stereocenters. The molecule has 0 saturated heterocycles. The molecule has 22 heavy (non-hydrogen) atoms. The minimum Gasteiger partial charge on any atom is -0.336 e. The van der Waals surface area contributed by atoms with Crippen molar-refractivity contribution in [2.45, 2.75) is 31.3 Å². The van der Waals surface area contributed by atoms with E-state index in [2.05, 4.69) is 15.5 Å². The second-order valence-electron chi connectivity index (χ2n) is 5.74. The van der Waals surface area contributed by atoms with E-state index in [-0.39, 0.29) is 22.8 Å². The number of hydrogen-bond donors (Lipinski definition) is 2. The highest BCUT2D eigenvalue weighted by molar-refractivity contribution is 7.99. The summed E-state index contributed by atoms with van der Waals surface area (Å²) in [5, 5.41) is 11.0. The fraction of sp³-hybridized carbons (Fsp3) is 0.357. The first-order chi connectivity index (χ1) is 10.3. The van der Waals surface area contributed by atoms with Crippen molar-refractivity contribution in [1.29, 1.82) is 0 Å². The zero-order chi connectivity index (χ0) is 16.3. The fourth-order valence-corrected chi connectivity index (χ4v) is 2.42. The first-order valence-electron chi connectivity index (χ1n) is 6.67. The van der Waals surface area contributed by atoms with Gasteiger partial charge < -0.3 is 11.2 Å². The average molecular weight is 323 g/mol. The van der Waals surface area contributed by atoms with Crippen molar-refractivity contribution < 1.29 is 9.18 Å². The summed E-state index contributed by atoms with van der Waals surface area (Å²) in [6.45, 7) is 5.92. The number of benzene rings is 1. The number of thioether (sulfide) groups is 1. The van der Waals surface area contributed by atoms with Crippen molar-refractivity contribution in [2.75, 3.05) is 16.9 Å². The average Bonchev–Trinajstić information content (AvgIpc) is 2.80. The monoisotopic (exact) mass is 323 g/mol. The quantitative estimate of drug-likeness (QED) is 0.665. The Balaban J connectivity index is 1.98. The van der Waals surface area contributed by atoms with Crippen molar-refractivity contribution in [3.63, 3.8) is 0 Å². The molecule has 118 valence electrons. The number of carbonyl (C=O) groups is 1. The van der Waals surface area contributed by atoms with Gasteiger partial charge in [0.2, 0.25) is 11.1 Å². The minimum absolute atomic E-state index is 0.0633. The third kappa shape index (κ3) is 3.76. The molecule has 0 bridgehead atoms. The van der Waals surface area contributed by atoms with E-state index in [1.165, 1.54) is 16.8 Å². The summed E-state index contributed by atoms with van der Waals surface area (Å²) in [4.78, 5) is 11.9. The first kappa shape index (κ1) is 16.3. The molecule has 1 aromatic heterocycles. The Kier molecular flexibility index (Phi) is 4.70. The number of para-hydroxylation sites is 1. The van der Waals surface area contributed by atoms with E-state index in [4.69, 9.17) is 5.84 Å². The second-order valence-corrected chi connectivity index (χ2v) is 6.69. The Bertz CT molecular complexity index is 680. The lowest BCUT2D eigenvalue weighted by Gasteiger charge is -2.16. The molecule has 6 nitrogen and oxygen atoms in total. The topological polar surface area (TPSA) is 85.8 Å². The smallest absolute Gasteiger partial charge is 0.234 e. The maximum Gasteiger partial charge on any atom is 0.234 e. The van der Waals surface area contributed by atoms with Crippen LogP contribution in [0, 0.1) is 5.82 Å². The normalized spacial score (nSPS) is 11.5. The zero-order valence-electron chi connectivity index (χ0n) is 12.6. The first-order valence-corrected chi connectivity index (χ1v) is 7.66. The van der Waals surface area contributed by atoms with Crippen molar-refractivity contribution in [1.82, 2.24) is 14.9 Å². The van der Waals surface area contributed by atoms with Crippen LogP contribution in [0.3, 0.4) is 0 Å². The maximum absolute atomic E-state index is 13.4. The summed E-state index contributed by atoms with van der Waals surface area (Å²) in [6, 6.07) is 6.00. The highest BCUT2D eigenvalue weighted by Gasteiger charge is 2.23. The van der Waals surface area contributed by atoms with Gasteiger partial charge in [0.15, 0.2) is 5.82 Å². The SMILES string of the molecule is CC(C)(C)c1nnc(SCC(=O)Nc2ccccc2F)n1N. The molecular formula is C14H18FN5OS. The number of nitrogens with one attached hydrogen (secondary N) is 1. The number of carbonyl (C=O) groups excluding carboxylic acids is 1. The molecule has 0 radical (unpaired) electrons. The van der Waals surface area contributed by atoms with Crippen LogP contribution in [-0.2, 0) is 10.2 Å². The van der Waals surface area contributed by atoms with E-state index in [1.54, 1.807) is 12.1 Å². The van der Waals surface area contributed by atoms with Gasteiger partial charge in [-0.15, -0.1) is 10.2 Å². The Morgan fingerprint density at radius 2 is 2.05 bits per heavy atom. The van der Waals surface area contributed by atoms with Crippen molar-refractivity contribution in [3.05, 3.63) is 35.9 Å². The predicted molar refractivity (Wildman–Crippen MR) is 84.6 cm³/mol. The predicted octanol–water partition coefficient (Wildman–Crippen LogP) is 2.16. The van der Waals surface area contributed by atoms with Gasteiger partial charge in [-0.1, -0.05) is 44.7 Å². The number of nitrogens with two attached hydrogens (primary N) is 1. The molecule has 0 atom stereocenters. The number of hydrogen-bond acceptors (Lipinski definition) is 5. The Morgan fingerprint density at radius 1 is 1.36 bits per heavy atom. The van der Waals surface area contributed by atoms with Crippen LogP contribution < -0.4 is 11.2 Å². The molecule has 3 N–H and O–H groups in total. The summed E-state index contributed by atoms with van der Waals surface area (Å²) in [5.41, 5.74) is -0.0894. The third-order valence-corrected chi connectivity index (χ3v) is 3.76. The maximum atomic E-state index is 13.4. The van der Waals surface area contributed by atoms with E-state index in [0.29, 0.717) is 11.0 Å². The lowest BCUT2D eigenvalue weighted by atomic mass is 9.96. The van der Waals surface area contributed by atoms with Gasteiger partial charge in [-0.3, -0.25) is 4.79 Å². The minimum atomic E-state index is -0.474. The molecule has 0 fully saturated rings. The van der Waals surface area contributed by atoms with Gasteiger partial charge in [0, 0.05) is 5.41 Å². The van der Waals surface area contributed by atoms with Crippen LogP contribution in [0.1, 0.15) is 26.6 Å². The molecule has 1 amide bonds. The van der Waals surface area contributed by atoms with Crippen molar-refractivity contribution in [2.24, 2.45) is 0 Å². The summed E-state index contributed by atoms with van der Waals surface area (Å²) in [6.07, 6.45) is 0. The van der Waals surface area contributed by atoms with Crippen LogP contribution in [-0.4, -0.2) is 26.5 Å². The van der Waals surface area contributed by atoms with Crippen molar-refractivity contribution in [3.8, 4) is 0 Å². The van der Waals surface area contributed by atoms with Gasteiger partial charge in [-0.05, 0) is 12.1 Å². The number of halogens is 1. The molecule has 0 aliphatic heterocycles. The van der Waals surface area contributed by atoms with E-state index in [1.807, 2.05) is 20.8 Å². The van der Waals surface area contributed by atoms with Gasteiger partial charge in [-0.2, -0.15) is 0 Å². The molecule has 0 aliphatic carbocycles. The Labute approximate surface area is 132 Å². The van der Waals surface area contributed by atoms with E-state index in [0.717, 1.165) is 11.8 Å². The lowest BCUT2D eigenvalue weighted by Crippen LogP contribution is -2.24. The summed E-state index contributed by atoms with van der Waals surface area (Å²) in [7, 11) is 0. The standard InChI is InChI=1S/C14H18FN5OS/c1-14(2,3)12-18-19-13(20(12)16)22-8-11(21)17-10-7-5-4-6-9(10)15/h4-7H,8,16H2,1-3H3,(H,17,21). The molecule has 8 heteroatoms. The summed E-state index contributed by atoms with van der Waals surface area (Å²) in [5.74, 6) is 5.81. The molecule has 0 spiro atoms. The van der Waals surface area contributed by atoms with Crippen LogP contribution in [0.25, 0.3) is 0 Å². The number of aromatic nitrogens is 3. The molecule has 0 aliphatic rings. The molecular weight excluding hydrogens is 305 g/mol. The highest BCUT2D eigenvalue weighted by Crippen LogP contribution is 2.23. The van der Waals surface area contributed by atoms with Gasteiger partial charge >= 0.3 is 0 Å². The van der Waals surface area contributed by atoms with Gasteiger partial charge in [-0.25, -0.2) is 9.07 Å². The van der Waals surface area contributed by atoms with Gasteiger partial charge in [0.25, 0.3) is 0 Å². The van der Waals surface area contributed by atoms with Gasteiger partial charge in [0.1, 0.15) is 5.82 Å². The largest absolute Gasteiger partial charge is 0.336 e. The number of nitrogen functional groups attached to an aromatic ring is 1. The molecule has 0 saturated carbocycles. The van der Waals surface area contributed by atoms with E-state index in [9.17, 15) is 9.18 Å². The molecule has 2 aromatic rings. The van der Waals surface area contributed by atoms with E-state index >= 15 is 0 Å².